The van der Waals surface area contributed by atoms with E-state index in [1.165, 1.54) is 19.2 Å². The Labute approximate surface area is 147 Å². The smallest absolute Gasteiger partial charge is 0.264 e. The van der Waals surface area contributed by atoms with Gasteiger partial charge in [0.2, 0.25) is 10.0 Å². The van der Waals surface area contributed by atoms with Crippen molar-refractivity contribution >= 4 is 15.9 Å². The van der Waals surface area contributed by atoms with E-state index >= 15 is 0 Å². The molecule has 0 radical (unpaired) electrons. The van der Waals surface area contributed by atoms with Crippen LogP contribution in [-0.2, 0) is 14.8 Å². The Bertz CT molecular complexity index is 876. The van der Waals surface area contributed by atoms with E-state index in [0.29, 0.717) is 5.06 Å². The van der Waals surface area contributed by atoms with Crippen LogP contribution in [0.25, 0.3) is 11.1 Å². The van der Waals surface area contributed by atoms with Gasteiger partial charge in [0.05, 0.1) is 11.4 Å². The molecule has 0 aromatic heterocycles. The van der Waals surface area contributed by atoms with Crippen LogP contribution >= 0.6 is 0 Å². The molecule has 2 aromatic carbocycles. The molecule has 1 saturated heterocycles. The van der Waals surface area contributed by atoms with Gasteiger partial charge in [0, 0.05) is 7.05 Å². The lowest BCUT2D eigenvalue weighted by Crippen LogP contribution is -2.42. The summed E-state index contributed by atoms with van der Waals surface area (Å²) in [5.74, 6) is -0.595. The first kappa shape index (κ1) is 17.6. The summed E-state index contributed by atoms with van der Waals surface area (Å²) >= 11 is 0. The van der Waals surface area contributed by atoms with E-state index in [2.05, 4.69) is 0 Å². The number of benzene rings is 2. The number of aryl methyl sites for hydroxylation is 1. The maximum absolute atomic E-state index is 12.7. The summed E-state index contributed by atoms with van der Waals surface area (Å²) in [6.07, 6.45) is 0.270. The Hall–Kier alpha value is -2.22. The zero-order chi connectivity index (χ0) is 18.2. The molecule has 0 bridgehead atoms. The molecule has 2 aromatic rings. The van der Waals surface area contributed by atoms with Crippen molar-refractivity contribution in [3.63, 3.8) is 0 Å². The fourth-order valence-corrected chi connectivity index (χ4v) is 4.23. The quantitative estimate of drug-likeness (QED) is 0.849. The highest BCUT2D eigenvalue weighted by molar-refractivity contribution is 7.89. The van der Waals surface area contributed by atoms with Crippen LogP contribution in [0.3, 0.4) is 0 Å². The molecule has 0 spiro atoms. The molecule has 3 rings (SSSR count). The highest BCUT2D eigenvalue weighted by Gasteiger charge is 2.39. The largest absolute Gasteiger partial charge is 0.286 e. The van der Waals surface area contributed by atoms with E-state index in [-0.39, 0.29) is 17.9 Å². The van der Waals surface area contributed by atoms with Crippen LogP contribution in [0, 0.1) is 6.92 Å². The summed E-state index contributed by atoms with van der Waals surface area (Å²) in [7, 11) is -2.44. The molecule has 1 amide bonds. The lowest BCUT2D eigenvalue weighted by Gasteiger charge is -2.22. The van der Waals surface area contributed by atoms with Crippen molar-refractivity contribution in [3.05, 3.63) is 54.1 Å². The van der Waals surface area contributed by atoms with Crippen LogP contribution in [0.15, 0.2) is 53.4 Å². The van der Waals surface area contributed by atoms with Gasteiger partial charge in [-0.2, -0.15) is 4.31 Å². The highest BCUT2D eigenvalue weighted by Crippen LogP contribution is 2.25. The maximum atomic E-state index is 12.7. The highest BCUT2D eigenvalue weighted by atomic mass is 32.2. The second-order valence-corrected chi connectivity index (χ2v) is 8.18. The number of hydrogen-bond donors (Lipinski definition) is 1. The van der Waals surface area contributed by atoms with Gasteiger partial charge in [-0.1, -0.05) is 42.0 Å². The molecule has 132 valence electrons. The Morgan fingerprint density at radius 1 is 1.04 bits per heavy atom. The lowest BCUT2D eigenvalue weighted by atomic mass is 10.0. The molecule has 1 heterocycles. The molecule has 1 N–H and O–H groups in total. The minimum absolute atomic E-state index is 0.120. The summed E-state index contributed by atoms with van der Waals surface area (Å²) in [6.45, 7) is 2.14. The lowest BCUT2D eigenvalue weighted by molar-refractivity contribution is -0.159. The number of sulfonamides is 1. The Morgan fingerprint density at radius 2 is 1.56 bits per heavy atom. The van der Waals surface area contributed by atoms with Crippen LogP contribution in [0.2, 0.25) is 0 Å². The van der Waals surface area contributed by atoms with Gasteiger partial charge >= 0.3 is 0 Å². The molecule has 0 aliphatic carbocycles. The molecule has 25 heavy (non-hydrogen) atoms. The monoisotopic (exact) mass is 360 g/mol. The molecular weight excluding hydrogens is 340 g/mol. The summed E-state index contributed by atoms with van der Waals surface area (Å²) in [5, 5.41) is 9.96. The molecule has 1 atom stereocenters. The normalized spacial score (nSPS) is 18.2. The van der Waals surface area contributed by atoms with Crippen molar-refractivity contribution < 1.29 is 18.4 Å². The fraction of sp³-hybridized carbons (Fsp3) is 0.278. The van der Waals surface area contributed by atoms with Crippen molar-refractivity contribution in [2.75, 3.05) is 13.6 Å². The Balaban J connectivity index is 1.85. The summed E-state index contributed by atoms with van der Waals surface area (Å²) in [4.78, 5) is 12.0. The van der Waals surface area contributed by atoms with Gasteiger partial charge in [0.15, 0.2) is 0 Å². The number of nitrogens with zero attached hydrogens (tertiary/aromatic N) is 2. The second-order valence-electron chi connectivity index (χ2n) is 6.18. The van der Waals surface area contributed by atoms with Crippen molar-refractivity contribution in [3.8, 4) is 11.1 Å². The van der Waals surface area contributed by atoms with Crippen LogP contribution in [0.4, 0.5) is 0 Å². The van der Waals surface area contributed by atoms with Crippen LogP contribution < -0.4 is 0 Å². The van der Waals surface area contributed by atoms with Gasteiger partial charge < -0.3 is 0 Å². The number of hydrogen-bond acceptors (Lipinski definition) is 4. The predicted molar refractivity (Wildman–Crippen MR) is 93.5 cm³/mol. The second kappa shape index (κ2) is 6.59. The van der Waals surface area contributed by atoms with Crippen molar-refractivity contribution in [1.29, 1.82) is 0 Å². The van der Waals surface area contributed by atoms with E-state index in [4.69, 9.17) is 0 Å². The predicted octanol–water partition coefficient (Wildman–Crippen LogP) is 2.27. The zero-order valence-electron chi connectivity index (χ0n) is 14.1. The first-order valence-corrected chi connectivity index (χ1v) is 9.40. The van der Waals surface area contributed by atoms with Gasteiger partial charge in [0.25, 0.3) is 5.91 Å². The summed E-state index contributed by atoms with van der Waals surface area (Å²) in [6, 6.07) is 13.7. The summed E-state index contributed by atoms with van der Waals surface area (Å²) in [5.41, 5.74) is 3.08. The third-order valence-corrected chi connectivity index (χ3v) is 6.39. The average molecular weight is 360 g/mol. The van der Waals surface area contributed by atoms with Gasteiger partial charge in [-0.3, -0.25) is 10.0 Å². The van der Waals surface area contributed by atoms with Gasteiger partial charge in [-0.15, -0.1) is 0 Å². The van der Waals surface area contributed by atoms with Crippen molar-refractivity contribution in [2.24, 2.45) is 0 Å². The number of rotatable bonds is 4. The Kier molecular flexibility index (Phi) is 4.64. The third-order valence-electron chi connectivity index (χ3n) is 4.51. The third kappa shape index (κ3) is 3.30. The summed E-state index contributed by atoms with van der Waals surface area (Å²) < 4.78 is 26.5. The SMILES string of the molecule is Cc1ccc(-c2ccc(S(=O)(=O)N(C)[C@H]3CCN(O)C3=O)cc2)cc1. The first-order chi connectivity index (χ1) is 11.8. The van der Waals surface area contributed by atoms with Crippen molar-refractivity contribution in [2.45, 2.75) is 24.3 Å². The zero-order valence-corrected chi connectivity index (χ0v) is 14.9. The van der Waals surface area contributed by atoms with Crippen LogP contribution in [-0.4, -0.2) is 48.5 Å². The van der Waals surface area contributed by atoms with Gasteiger partial charge in [0.1, 0.15) is 6.04 Å². The average Bonchev–Trinajstić information content (AvgIpc) is 2.94. The molecule has 0 unspecified atom stereocenters. The molecule has 6 nitrogen and oxygen atoms in total. The fourth-order valence-electron chi connectivity index (χ4n) is 2.89. The molecule has 1 aliphatic heterocycles. The topological polar surface area (TPSA) is 77.9 Å². The molecular formula is C18H20N2O4S. The standard InChI is InChI=1S/C18H20N2O4S/c1-13-3-5-14(6-4-13)15-7-9-16(10-8-15)25(23,24)19(2)17-11-12-20(22)18(17)21/h3-10,17,22H,11-12H2,1-2H3/t17-/m0/s1. The van der Waals surface area contributed by atoms with E-state index in [9.17, 15) is 18.4 Å². The molecule has 1 fully saturated rings. The number of hydroxylamine groups is 2. The minimum atomic E-state index is -3.81. The van der Waals surface area contributed by atoms with Crippen molar-refractivity contribution in [1.82, 2.24) is 9.37 Å². The molecule has 7 heteroatoms. The number of carbonyl (C=O) groups is 1. The number of amides is 1. The maximum Gasteiger partial charge on any atom is 0.264 e. The van der Waals surface area contributed by atoms with Crippen LogP contribution in [0.1, 0.15) is 12.0 Å². The Morgan fingerprint density at radius 3 is 2.04 bits per heavy atom. The van der Waals surface area contributed by atoms with Gasteiger partial charge in [-0.25, -0.2) is 13.5 Å². The van der Waals surface area contributed by atoms with Gasteiger partial charge in [-0.05, 0) is 36.6 Å². The molecule has 1 aliphatic rings. The first-order valence-electron chi connectivity index (χ1n) is 7.96. The number of likely N-dealkylation sites (N-methyl/N-ethyl adjacent to an activating group) is 1. The minimum Gasteiger partial charge on any atom is -0.286 e. The van der Waals surface area contributed by atoms with E-state index in [1.54, 1.807) is 12.1 Å². The van der Waals surface area contributed by atoms with Crippen LogP contribution in [0.5, 0.6) is 0 Å². The number of carbonyl (C=O) groups excluding carboxylic acids is 1. The van der Waals surface area contributed by atoms with E-state index < -0.39 is 22.0 Å². The van der Waals surface area contributed by atoms with E-state index in [1.807, 2.05) is 31.2 Å². The molecule has 0 saturated carbocycles. The van der Waals surface area contributed by atoms with E-state index in [0.717, 1.165) is 21.0 Å².